The van der Waals surface area contributed by atoms with Gasteiger partial charge in [-0.3, -0.25) is 4.79 Å². The molecule has 0 aromatic heterocycles. The molecular formula is C36H43NO5S. The van der Waals surface area contributed by atoms with Gasteiger partial charge in [0, 0.05) is 11.8 Å². The zero-order valence-electron chi connectivity index (χ0n) is 25.0. The average molecular weight is 602 g/mol. The molecule has 0 bridgehead atoms. The van der Waals surface area contributed by atoms with Gasteiger partial charge in [0.1, 0.15) is 23.9 Å². The summed E-state index contributed by atoms with van der Waals surface area (Å²) < 4.78 is 34.4. The molecule has 6 rings (SSSR count). The molecule has 228 valence electrons. The second kappa shape index (κ2) is 12.4. The molecule has 5 atom stereocenters. The summed E-state index contributed by atoms with van der Waals surface area (Å²) in [6, 6.07) is 25.4. The van der Waals surface area contributed by atoms with Crippen molar-refractivity contribution in [2.45, 2.75) is 76.7 Å². The molecule has 6 nitrogen and oxygen atoms in total. The number of hydrogen-bond donors (Lipinski definition) is 1. The van der Waals surface area contributed by atoms with Crippen LogP contribution >= 0.6 is 0 Å². The minimum Gasteiger partial charge on any atom is -0.494 e. The maximum absolute atomic E-state index is 13.3. The highest BCUT2D eigenvalue weighted by atomic mass is 32.2. The van der Waals surface area contributed by atoms with E-state index in [2.05, 4.69) is 49.4 Å². The topological polar surface area (TPSA) is 95.7 Å². The molecule has 0 amide bonds. The molecule has 0 heterocycles. The summed E-state index contributed by atoms with van der Waals surface area (Å²) in [4.78, 5) is 13.3. The van der Waals surface area contributed by atoms with E-state index in [-0.39, 0.29) is 17.1 Å². The minimum atomic E-state index is -3.40. The van der Waals surface area contributed by atoms with Crippen LogP contribution in [-0.4, -0.2) is 26.6 Å². The number of unbranched alkanes of at least 4 members (excludes halogenated alkanes) is 2. The first-order chi connectivity index (χ1) is 20.7. The molecule has 2 N–H and O–H groups in total. The number of Topliss-reactive ketones (excluding diaryl/α,β-unsaturated/α-hetero) is 1. The fourth-order valence-corrected chi connectivity index (χ4v) is 8.80. The summed E-state index contributed by atoms with van der Waals surface area (Å²) in [5.41, 5.74) is 4.98. The Hall–Kier alpha value is -3.16. The van der Waals surface area contributed by atoms with Gasteiger partial charge in [-0.15, -0.1) is 0 Å². The molecule has 0 saturated heterocycles. The Morgan fingerprint density at radius 3 is 2.42 bits per heavy atom. The highest BCUT2D eigenvalue weighted by molar-refractivity contribution is 7.89. The molecule has 3 aliphatic carbocycles. The predicted octanol–water partition coefficient (Wildman–Crippen LogP) is 6.92. The summed E-state index contributed by atoms with van der Waals surface area (Å²) in [5.74, 6) is 3.76. The van der Waals surface area contributed by atoms with Gasteiger partial charge >= 0.3 is 0 Å². The predicted molar refractivity (Wildman–Crippen MR) is 169 cm³/mol. The Bertz CT molecular complexity index is 1540. The lowest BCUT2D eigenvalue weighted by Crippen LogP contribution is -2.46. The number of ether oxygens (including phenoxy) is 2. The van der Waals surface area contributed by atoms with Crippen molar-refractivity contribution < 1.29 is 22.7 Å². The monoisotopic (exact) mass is 601 g/mol. The lowest BCUT2D eigenvalue weighted by molar-refractivity contribution is -0.130. The first kappa shape index (κ1) is 29.9. The number of ketones is 1. The maximum atomic E-state index is 13.3. The van der Waals surface area contributed by atoms with Crippen LogP contribution in [0.4, 0.5) is 0 Å². The van der Waals surface area contributed by atoms with E-state index in [1.807, 2.05) is 30.3 Å². The maximum Gasteiger partial charge on any atom is 0.209 e. The van der Waals surface area contributed by atoms with Crippen LogP contribution < -0.4 is 14.6 Å². The Kier molecular flexibility index (Phi) is 8.65. The van der Waals surface area contributed by atoms with Crippen LogP contribution in [0.5, 0.6) is 11.5 Å². The second-order valence-corrected chi connectivity index (χ2v) is 14.7. The van der Waals surface area contributed by atoms with Crippen LogP contribution in [0.3, 0.4) is 0 Å². The van der Waals surface area contributed by atoms with E-state index < -0.39 is 10.0 Å². The minimum absolute atomic E-state index is 0.0126. The van der Waals surface area contributed by atoms with Crippen LogP contribution in [0.25, 0.3) is 0 Å². The van der Waals surface area contributed by atoms with E-state index in [9.17, 15) is 13.2 Å². The van der Waals surface area contributed by atoms with Crippen molar-refractivity contribution in [3.05, 3.63) is 95.1 Å². The van der Waals surface area contributed by atoms with Crippen LogP contribution in [0.15, 0.2) is 72.8 Å². The summed E-state index contributed by atoms with van der Waals surface area (Å²) in [6.45, 7) is 3.33. The molecule has 2 saturated carbocycles. The molecule has 0 aliphatic heterocycles. The standard InChI is InChI=1S/C36H43NO5S/c1-36-23-32(26-10-13-28(14-11-26)41-20-6-3-7-21-43(37,39)40)35-30-17-15-29(42-24-25-8-4-2-5-9-25)22-27(30)12-16-31(35)33(36)18-19-34(36)38/h2,4-5,8-11,13-15,17,22,31-33,35H,3,6-7,12,16,18-21,23-24H2,1H3,(H2,37,39,40)/t31-,32+,33-,35+,36-/m0/s1. The lowest BCUT2D eigenvalue weighted by Gasteiger charge is -2.52. The van der Waals surface area contributed by atoms with Gasteiger partial charge in [-0.25, -0.2) is 13.6 Å². The number of rotatable bonds is 11. The number of sulfonamides is 1. The van der Waals surface area contributed by atoms with Crippen LogP contribution in [-0.2, 0) is 27.8 Å². The Balaban J connectivity index is 1.19. The van der Waals surface area contributed by atoms with Crippen molar-refractivity contribution in [3.63, 3.8) is 0 Å². The fourth-order valence-electron chi connectivity index (χ4n) is 8.20. The van der Waals surface area contributed by atoms with E-state index in [0.29, 0.717) is 49.6 Å². The van der Waals surface area contributed by atoms with Gasteiger partial charge in [-0.1, -0.05) is 55.5 Å². The van der Waals surface area contributed by atoms with E-state index in [1.54, 1.807) is 0 Å². The SMILES string of the molecule is C[C@]12C[C@H](c3ccc(OCCCCCS(N)(=O)=O)cc3)[C@@H]3c4ccc(OCc5ccccc5)cc4CC[C@H]3[C@@H]1CCC2=O. The number of carbonyl (C=O) groups is 1. The molecule has 0 spiro atoms. The smallest absolute Gasteiger partial charge is 0.209 e. The van der Waals surface area contributed by atoms with Crippen LogP contribution in [0.2, 0.25) is 0 Å². The van der Waals surface area contributed by atoms with Gasteiger partial charge < -0.3 is 9.47 Å². The third kappa shape index (κ3) is 6.53. The second-order valence-electron chi connectivity index (χ2n) is 13.0. The first-order valence-electron chi connectivity index (χ1n) is 15.8. The Morgan fingerprint density at radius 2 is 1.65 bits per heavy atom. The number of carbonyl (C=O) groups excluding carboxylic acids is 1. The van der Waals surface area contributed by atoms with Crippen molar-refractivity contribution in [1.29, 1.82) is 0 Å². The lowest BCUT2D eigenvalue weighted by atomic mass is 9.51. The molecular weight excluding hydrogens is 558 g/mol. The van der Waals surface area contributed by atoms with Gasteiger partial charge in [0.25, 0.3) is 0 Å². The normalized spacial score (nSPS) is 26.3. The third-order valence-corrected chi connectivity index (χ3v) is 11.2. The molecule has 3 aromatic rings. The molecule has 2 fully saturated rings. The number of primary sulfonamides is 1. The van der Waals surface area contributed by atoms with Crippen LogP contribution in [0, 0.1) is 17.3 Å². The zero-order chi connectivity index (χ0) is 30.0. The quantitative estimate of drug-likeness (QED) is 0.241. The number of hydrogen-bond acceptors (Lipinski definition) is 5. The summed E-state index contributed by atoms with van der Waals surface area (Å²) in [6.07, 6.45) is 6.82. The molecule has 43 heavy (non-hydrogen) atoms. The molecule has 0 unspecified atom stereocenters. The molecule has 3 aliphatic rings. The van der Waals surface area contributed by atoms with E-state index in [4.69, 9.17) is 14.6 Å². The van der Waals surface area contributed by atoms with E-state index in [1.165, 1.54) is 16.7 Å². The summed E-state index contributed by atoms with van der Waals surface area (Å²) in [7, 11) is -3.40. The van der Waals surface area contributed by atoms with Crippen molar-refractivity contribution in [2.75, 3.05) is 12.4 Å². The van der Waals surface area contributed by atoms with Gasteiger partial charge in [0.2, 0.25) is 10.0 Å². The van der Waals surface area contributed by atoms with Crippen molar-refractivity contribution in [3.8, 4) is 11.5 Å². The summed E-state index contributed by atoms with van der Waals surface area (Å²) in [5, 5.41) is 5.08. The van der Waals surface area contributed by atoms with E-state index in [0.717, 1.165) is 55.6 Å². The van der Waals surface area contributed by atoms with Crippen molar-refractivity contribution in [2.24, 2.45) is 22.4 Å². The van der Waals surface area contributed by atoms with E-state index >= 15 is 0 Å². The van der Waals surface area contributed by atoms with Gasteiger partial charge in [-0.2, -0.15) is 0 Å². The highest BCUT2D eigenvalue weighted by Crippen LogP contribution is 2.64. The summed E-state index contributed by atoms with van der Waals surface area (Å²) >= 11 is 0. The van der Waals surface area contributed by atoms with Gasteiger partial charge in [0.05, 0.1) is 12.4 Å². The Labute approximate surface area is 256 Å². The molecule has 7 heteroatoms. The highest BCUT2D eigenvalue weighted by Gasteiger charge is 2.57. The van der Waals surface area contributed by atoms with Crippen LogP contribution in [0.1, 0.15) is 86.0 Å². The molecule has 0 radical (unpaired) electrons. The van der Waals surface area contributed by atoms with Gasteiger partial charge in [0.15, 0.2) is 0 Å². The first-order valence-corrected chi connectivity index (χ1v) is 17.5. The number of aryl methyl sites for hydroxylation is 1. The van der Waals surface area contributed by atoms with Crippen molar-refractivity contribution >= 4 is 15.8 Å². The number of fused-ring (bicyclic) bond motifs is 5. The average Bonchev–Trinajstić information content (AvgIpc) is 3.31. The van der Waals surface area contributed by atoms with Crippen molar-refractivity contribution in [1.82, 2.24) is 0 Å². The number of benzene rings is 3. The van der Waals surface area contributed by atoms with Gasteiger partial charge in [-0.05, 0) is 115 Å². The fraction of sp³-hybridized carbons (Fsp3) is 0.472. The third-order valence-electron chi connectivity index (χ3n) is 10.3. The number of nitrogens with two attached hydrogens (primary N) is 1. The molecule has 3 aromatic carbocycles. The zero-order valence-corrected chi connectivity index (χ0v) is 25.9. The Morgan fingerprint density at radius 1 is 0.884 bits per heavy atom. The largest absolute Gasteiger partial charge is 0.494 e.